The van der Waals surface area contributed by atoms with Crippen LogP contribution in [0.2, 0.25) is 0 Å². The molecular weight excluding hydrogens is 332 g/mol. The second-order valence-electron chi connectivity index (χ2n) is 7.61. The molecule has 0 amide bonds. The van der Waals surface area contributed by atoms with E-state index in [1.165, 1.54) is 38.3 Å². The SMILES string of the molecule is Cc1cc2c3ccccc3n3c4c(O)ccc5cc[n+](C)c(c(c1C)c23)c54. The van der Waals surface area contributed by atoms with Crippen LogP contribution in [-0.4, -0.2) is 9.51 Å². The van der Waals surface area contributed by atoms with E-state index in [4.69, 9.17) is 0 Å². The lowest BCUT2D eigenvalue weighted by atomic mass is 9.96. The average molecular weight is 351 g/mol. The molecule has 1 N–H and O–H groups in total. The number of benzene rings is 3. The Morgan fingerprint density at radius 1 is 0.889 bits per heavy atom. The summed E-state index contributed by atoms with van der Waals surface area (Å²) in [5, 5.41) is 16.9. The fourth-order valence-corrected chi connectivity index (χ4v) is 4.83. The minimum atomic E-state index is 0.321. The molecule has 3 nitrogen and oxygen atoms in total. The molecule has 0 radical (unpaired) electrons. The van der Waals surface area contributed by atoms with Crippen molar-refractivity contribution in [3.05, 3.63) is 65.9 Å². The van der Waals surface area contributed by atoms with Crippen LogP contribution in [0.5, 0.6) is 5.75 Å². The number of para-hydroxylation sites is 1. The van der Waals surface area contributed by atoms with Gasteiger partial charge < -0.3 is 9.51 Å². The molecule has 0 bridgehead atoms. The molecule has 0 spiro atoms. The van der Waals surface area contributed by atoms with E-state index in [1.807, 2.05) is 12.1 Å². The van der Waals surface area contributed by atoms with Crippen molar-refractivity contribution in [3.8, 4) is 5.75 Å². The highest BCUT2D eigenvalue weighted by Crippen LogP contribution is 2.43. The first kappa shape index (κ1) is 14.8. The van der Waals surface area contributed by atoms with Gasteiger partial charge in [0.05, 0.1) is 21.8 Å². The lowest BCUT2D eigenvalue weighted by Crippen LogP contribution is -2.29. The van der Waals surface area contributed by atoms with Crippen LogP contribution in [0.4, 0.5) is 0 Å². The molecule has 3 aromatic carbocycles. The predicted octanol–water partition coefficient (Wildman–Crippen LogP) is 5.14. The molecule has 0 aliphatic carbocycles. The van der Waals surface area contributed by atoms with Gasteiger partial charge in [-0.1, -0.05) is 24.3 Å². The molecule has 3 heteroatoms. The van der Waals surface area contributed by atoms with Crippen molar-refractivity contribution < 1.29 is 9.67 Å². The highest BCUT2D eigenvalue weighted by Gasteiger charge is 2.25. The number of fused-ring (bicyclic) bond motifs is 5. The molecule has 0 unspecified atom stereocenters. The van der Waals surface area contributed by atoms with Crippen molar-refractivity contribution in [1.29, 1.82) is 0 Å². The first-order valence-corrected chi connectivity index (χ1v) is 9.26. The average Bonchev–Trinajstić information content (AvgIpc) is 2.99. The molecule has 0 aliphatic rings. The second-order valence-corrected chi connectivity index (χ2v) is 7.61. The molecule has 0 saturated heterocycles. The number of nitrogens with zero attached hydrogens (tertiary/aromatic N) is 2. The molecular formula is C24H19N2O+. The summed E-state index contributed by atoms with van der Waals surface area (Å²) in [4.78, 5) is 0. The van der Waals surface area contributed by atoms with Gasteiger partial charge in [0, 0.05) is 16.8 Å². The summed E-state index contributed by atoms with van der Waals surface area (Å²) in [6.45, 7) is 4.40. The molecule has 3 aromatic heterocycles. The summed E-state index contributed by atoms with van der Waals surface area (Å²) in [6, 6.07) is 16.7. The van der Waals surface area contributed by atoms with Gasteiger partial charge in [-0.3, -0.25) is 0 Å². The Morgan fingerprint density at radius 3 is 2.56 bits per heavy atom. The Balaban J connectivity index is 2.20. The van der Waals surface area contributed by atoms with Crippen molar-refractivity contribution in [2.24, 2.45) is 7.05 Å². The summed E-state index contributed by atoms with van der Waals surface area (Å²) in [7, 11) is 2.09. The third-order valence-corrected chi connectivity index (χ3v) is 6.19. The molecule has 6 aromatic rings. The summed E-state index contributed by atoms with van der Waals surface area (Å²) in [5.74, 6) is 0.321. The van der Waals surface area contributed by atoms with E-state index in [0.717, 1.165) is 21.8 Å². The number of aromatic hydroxyl groups is 1. The fraction of sp³-hybridized carbons (Fsp3) is 0.125. The summed E-state index contributed by atoms with van der Waals surface area (Å²) in [6.07, 6.45) is 2.12. The summed E-state index contributed by atoms with van der Waals surface area (Å²) >= 11 is 0. The van der Waals surface area contributed by atoms with Crippen molar-refractivity contribution in [2.75, 3.05) is 0 Å². The standard InChI is InChI=1S/C24H18N2O/c1-13-12-17-16-6-4-5-7-18(16)26-22(17)20(14(13)2)24-21-15(10-11-25(24)3)8-9-19(27)23(21)26/h4-12H,1-3H3/p+1. The Kier molecular flexibility index (Phi) is 2.57. The van der Waals surface area contributed by atoms with Crippen molar-refractivity contribution in [1.82, 2.24) is 4.40 Å². The molecule has 0 atom stereocenters. The van der Waals surface area contributed by atoms with Gasteiger partial charge in [0.15, 0.2) is 6.20 Å². The highest BCUT2D eigenvalue weighted by atomic mass is 16.3. The monoisotopic (exact) mass is 351 g/mol. The maximum Gasteiger partial charge on any atom is 0.224 e. The van der Waals surface area contributed by atoms with Crippen LogP contribution in [0.1, 0.15) is 11.1 Å². The molecule has 3 heterocycles. The Hall–Kier alpha value is -3.33. The lowest BCUT2D eigenvalue weighted by Gasteiger charge is -2.14. The fourth-order valence-electron chi connectivity index (χ4n) is 4.83. The zero-order chi connectivity index (χ0) is 18.4. The third kappa shape index (κ3) is 1.61. The molecule has 27 heavy (non-hydrogen) atoms. The molecule has 0 fully saturated rings. The van der Waals surface area contributed by atoms with Crippen LogP contribution < -0.4 is 4.57 Å². The molecule has 130 valence electrons. The number of phenols is 1. The van der Waals surface area contributed by atoms with Gasteiger partial charge in [-0.25, -0.2) is 4.57 Å². The van der Waals surface area contributed by atoms with Gasteiger partial charge in [0.2, 0.25) is 5.52 Å². The Morgan fingerprint density at radius 2 is 1.70 bits per heavy atom. The van der Waals surface area contributed by atoms with Crippen LogP contribution in [0.3, 0.4) is 0 Å². The minimum Gasteiger partial charge on any atom is -0.506 e. The van der Waals surface area contributed by atoms with Crippen LogP contribution in [0.15, 0.2) is 54.7 Å². The smallest absolute Gasteiger partial charge is 0.224 e. The number of phenolic OH excluding ortho intramolecular Hbond substituents is 1. The highest BCUT2D eigenvalue weighted by molar-refractivity contribution is 6.26. The zero-order valence-electron chi connectivity index (χ0n) is 15.5. The number of rotatable bonds is 0. The van der Waals surface area contributed by atoms with Crippen LogP contribution in [-0.2, 0) is 7.05 Å². The summed E-state index contributed by atoms with van der Waals surface area (Å²) in [5.41, 5.74) is 6.99. The first-order valence-electron chi connectivity index (χ1n) is 9.26. The maximum absolute atomic E-state index is 10.9. The molecule has 0 saturated carbocycles. The number of aryl methyl sites for hydroxylation is 3. The van der Waals surface area contributed by atoms with Crippen molar-refractivity contribution in [2.45, 2.75) is 13.8 Å². The number of aromatic nitrogens is 2. The largest absolute Gasteiger partial charge is 0.506 e. The van der Waals surface area contributed by atoms with E-state index in [2.05, 4.69) is 72.5 Å². The normalized spacial score (nSPS) is 12.4. The number of pyridine rings is 2. The number of hydrogen-bond donors (Lipinski definition) is 1. The maximum atomic E-state index is 10.9. The van der Waals surface area contributed by atoms with E-state index in [-0.39, 0.29) is 0 Å². The molecule has 6 rings (SSSR count). The van der Waals surface area contributed by atoms with E-state index in [1.54, 1.807) is 0 Å². The Labute approximate surface area is 156 Å². The minimum absolute atomic E-state index is 0.321. The number of hydrogen-bond acceptors (Lipinski definition) is 1. The van der Waals surface area contributed by atoms with Crippen LogP contribution >= 0.6 is 0 Å². The van der Waals surface area contributed by atoms with Gasteiger partial charge in [-0.2, -0.15) is 0 Å². The lowest BCUT2D eigenvalue weighted by molar-refractivity contribution is -0.643. The quantitative estimate of drug-likeness (QED) is 0.229. The van der Waals surface area contributed by atoms with Gasteiger partial charge in [0.1, 0.15) is 18.3 Å². The van der Waals surface area contributed by atoms with E-state index < -0.39 is 0 Å². The van der Waals surface area contributed by atoms with Crippen molar-refractivity contribution in [3.63, 3.8) is 0 Å². The predicted molar refractivity (Wildman–Crippen MR) is 111 cm³/mol. The summed E-state index contributed by atoms with van der Waals surface area (Å²) < 4.78 is 4.45. The van der Waals surface area contributed by atoms with Crippen LogP contribution in [0, 0.1) is 13.8 Å². The van der Waals surface area contributed by atoms with Gasteiger partial charge >= 0.3 is 0 Å². The second kappa shape index (κ2) is 4.68. The topological polar surface area (TPSA) is 28.5 Å². The van der Waals surface area contributed by atoms with Crippen molar-refractivity contribution >= 4 is 49.0 Å². The van der Waals surface area contributed by atoms with Gasteiger partial charge in [-0.05, 0) is 48.6 Å². The molecule has 0 aliphatic heterocycles. The Bertz CT molecular complexity index is 1550. The van der Waals surface area contributed by atoms with Crippen LogP contribution in [0.25, 0.3) is 49.0 Å². The van der Waals surface area contributed by atoms with E-state index in [0.29, 0.717) is 5.75 Å². The van der Waals surface area contributed by atoms with Gasteiger partial charge in [0.25, 0.3) is 0 Å². The first-order chi connectivity index (χ1) is 13.1. The third-order valence-electron chi connectivity index (χ3n) is 6.19. The van der Waals surface area contributed by atoms with Gasteiger partial charge in [-0.15, -0.1) is 0 Å². The van der Waals surface area contributed by atoms with E-state index in [9.17, 15) is 5.11 Å². The zero-order valence-corrected chi connectivity index (χ0v) is 15.5. The van der Waals surface area contributed by atoms with E-state index >= 15 is 0 Å².